The summed E-state index contributed by atoms with van der Waals surface area (Å²) in [7, 11) is -3.67. The molecule has 1 aliphatic heterocycles. The molecule has 1 aliphatic rings. The van der Waals surface area contributed by atoms with Crippen molar-refractivity contribution in [2.75, 3.05) is 31.6 Å². The van der Waals surface area contributed by atoms with Gasteiger partial charge in [0.15, 0.2) is 0 Å². The maximum Gasteiger partial charge on any atom is 0.319 e. The van der Waals surface area contributed by atoms with Crippen molar-refractivity contribution in [3.8, 4) is 0 Å². The Morgan fingerprint density at radius 3 is 2.50 bits per heavy atom. The van der Waals surface area contributed by atoms with E-state index < -0.39 is 16.1 Å². The summed E-state index contributed by atoms with van der Waals surface area (Å²) in [5.74, 6) is 0. The number of hydrogen-bond acceptors (Lipinski definition) is 4. The first-order valence-electron chi connectivity index (χ1n) is 8.84. The van der Waals surface area contributed by atoms with Crippen molar-refractivity contribution in [1.82, 2.24) is 9.62 Å². The molecule has 0 aliphatic carbocycles. The highest BCUT2D eigenvalue weighted by Crippen LogP contribution is 2.27. The van der Waals surface area contributed by atoms with E-state index in [0.717, 1.165) is 11.1 Å². The van der Waals surface area contributed by atoms with Crippen molar-refractivity contribution in [2.45, 2.75) is 18.4 Å². The molecular formula is C19H22ClN3O4S. The number of carbonyl (C=O) groups excluding carboxylic acids is 1. The Labute approximate surface area is 169 Å². The number of anilines is 1. The van der Waals surface area contributed by atoms with Gasteiger partial charge in [0.2, 0.25) is 10.0 Å². The minimum atomic E-state index is -3.67. The van der Waals surface area contributed by atoms with Crippen molar-refractivity contribution in [3.63, 3.8) is 0 Å². The molecule has 0 atom stereocenters. The second-order valence-electron chi connectivity index (χ2n) is 6.45. The SMILES string of the molecule is Cc1ccc(CNC(=O)Nc2cc(S(=O)(=O)N3CCOCC3)ccc2Cl)cc1. The Morgan fingerprint density at radius 2 is 1.82 bits per heavy atom. The van der Waals surface area contributed by atoms with Crippen molar-refractivity contribution in [2.24, 2.45) is 0 Å². The number of nitrogens with zero attached hydrogens (tertiary/aromatic N) is 1. The molecule has 1 saturated heterocycles. The molecule has 1 fully saturated rings. The summed E-state index contributed by atoms with van der Waals surface area (Å²) < 4.78 is 32.1. The molecule has 2 amide bonds. The first-order chi connectivity index (χ1) is 13.4. The van der Waals surface area contributed by atoms with Gasteiger partial charge in [0.05, 0.1) is 28.8 Å². The molecule has 0 bridgehead atoms. The fraction of sp³-hybridized carbons (Fsp3) is 0.316. The van der Waals surface area contributed by atoms with Crippen LogP contribution in [0.1, 0.15) is 11.1 Å². The van der Waals surface area contributed by atoms with E-state index in [9.17, 15) is 13.2 Å². The zero-order valence-electron chi connectivity index (χ0n) is 15.4. The maximum absolute atomic E-state index is 12.8. The fourth-order valence-corrected chi connectivity index (χ4v) is 4.35. The van der Waals surface area contributed by atoms with Crippen LogP contribution in [0.15, 0.2) is 47.4 Å². The summed E-state index contributed by atoms with van der Waals surface area (Å²) in [6, 6.07) is 11.6. The first-order valence-corrected chi connectivity index (χ1v) is 10.7. The number of urea groups is 1. The highest BCUT2D eigenvalue weighted by molar-refractivity contribution is 7.89. The van der Waals surface area contributed by atoms with Crippen LogP contribution in [0, 0.1) is 6.92 Å². The third kappa shape index (κ3) is 5.02. The maximum atomic E-state index is 12.8. The minimum absolute atomic E-state index is 0.0765. The number of carbonyl (C=O) groups is 1. The standard InChI is InChI=1S/C19H22ClN3O4S/c1-14-2-4-15(5-3-14)13-21-19(24)22-18-12-16(6-7-17(18)20)28(25,26)23-8-10-27-11-9-23/h2-7,12H,8-11,13H2,1H3,(H2,21,22,24). The van der Waals surface area contributed by atoms with Crippen LogP contribution in [0.5, 0.6) is 0 Å². The summed E-state index contributed by atoms with van der Waals surface area (Å²) in [5, 5.41) is 5.60. The van der Waals surface area contributed by atoms with Gasteiger partial charge < -0.3 is 15.4 Å². The molecule has 150 valence electrons. The van der Waals surface area contributed by atoms with Crippen molar-refractivity contribution in [1.29, 1.82) is 0 Å². The van der Waals surface area contributed by atoms with Gasteiger partial charge in [-0.2, -0.15) is 4.31 Å². The second kappa shape index (κ2) is 8.91. The van der Waals surface area contributed by atoms with Crippen LogP contribution >= 0.6 is 11.6 Å². The molecule has 2 N–H and O–H groups in total. The van der Waals surface area contributed by atoms with E-state index >= 15 is 0 Å². The second-order valence-corrected chi connectivity index (χ2v) is 8.80. The van der Waals surface area contributed by atoms with E-state index in [1.165, 1.54) is 22.5 Å². The summed E-state index contributed by atoms with van der Waals surface area (Å²) >= 11 is 6.14. The number of benzene rings is 2. The molecule has 9 heteroatoms. The highest BCUT2D eigenvalue weighted by atomic mass is 35.5. The average molecular weight is 424 g/mol. The van der Waals surface area contributed by atoms with E-state index in [4.69, 9.17) is 16.3 Å². The first kappa shape index (κ1) is 20.6. The Balaban J connectivity index is 1.68. The number of ether oxygens (including phenoxy) is 1. The number of hydrogen-bond donors (Lipinski definition) is 2. The van der Waals surface area contributed by atoms with Crippen LogP contribution in [0.25, 0.3) is 0 Å². The van der Waals surface area contributed by atoms with Gasteiger partial charge in [-0.1, -0.05) is 41.4 Å². The lowest BCUT2D eigenvalue weighted by atomic mass is 10.1. The Kier molecular flexibility index (Phi) is 6.56. The molecule has 2 aromatic rings. The van der Waals surface area contributed by atoms with Gasteiger partial charge in [-0.3, -0.25) is 0 Å². The molecule has 28 heavy (non-hydrogen) atoms. The number of nitrogens with one attached hydrogen (secondary N) is 2. The molecule has 0 aromatic heterocycles. The van der Waals surface area contributed by atoms with Crippen LogP contribution in [-0.4, -0.2) is 45.1 Å². The van der Waals surface area contributed by atoms with Gasteiger partial charge in [-0.25, -0.2) is 13.2 Å². The van der Waals surface area contributed by atoms with E-state index in [1.54, 1.807) is 0 Å². The van der Waals surface area contributed by atoms with E-state index in [1.807, 2.05) is 31.2 Å². The summed E-state index contributed by atoms with van der Waals surface area (Å²) in [4.78, 5) is 12.3. The minimum Gasteiger partial charge on any atom is -0.379 e. The quantitative estimate of drug-likeness (QED) is 0.773. The van der Waals surface area contributed by atoms with Gasteiger partial charge in [0.1, 0.15) is 0 Å². The lowest BCUT2D eigenvalue weighted by molar-refractivity contribution is 0.0730. The molecule has 0 spiro atoms. The number of amides is 2. The van der Waals surface area contributed by atoms with Gasteiger partial charge in [-0.15, -0.1) is 0 Å². The predicted molar refractivity (Wildman–Crippen MR) is 108 cm³/mol. The van der Waals surface area contributed by atoms with Crippen LogP contribution in [-0.2, 0) is 21.3 Å². The number of rotatable bonds is 5. The van der Waals surface area contributed by atoms with E-state index in [2.05, 4.69) is 10.6 Å². The number of aryl methyl sites for hydroxylation is 1. The summed E-state index contributed by atoms with van der Waals surface area (Å²) in [6.07, 6.45) is 0. The number of halogens is 1. The van der Waals surface area contributed by atoms with Gasteiger partial charge in [0.25, 0.3) is 0 Å². The van der Waals surface area contributed by atoms with Crippen LogP contribution in [0.2, 0.25) is 5.02 Å². The normalized spacial score (nSPS) is 15.2. The topological polar surface area (TPSA) is 87.7 Å². The molecule has 2 aromatic carbocycles. The average Bonchev–Trinajstić information content (AvgIpc) is 2.70. The summed E-state index contributed by atoms with van der Waals surface area (Å²) in [6.45, 7) is 3.65. The molecule has 1 heterocycles. The zero-order chi connectivity index (χ0) is 20.1. The molecule has 3 rings (SSSR count). The smallest absolute Gasteiger partial charge is 0.319 e. The van der Waals surface area contributed by atoms with Gasteiger partial charge in [-0.05, 0) is 30.7 Å². The molecular weight excluding hydrogens is 402 g/mol. The monoisotopic (exact) mass is 423 g/mol. The Morgan fingerprint density at radius 1 is 1.14 bits per heavy atom. The Bertz CT molecular complexity index is 942. The number of morpholine rings is 1. The lowest BCUT2D eigenvalue weighted by Crippen LogP contribution is -2.40. The summed E-state index contributed by atoms with van der Waals surface area (Å²) in [5.41, 5.74) is 2.33. The van der Waals surface area contributed by atoms with E-state index in [0.29, 0.717) is 32.8 Å². The van der Waals surface area contributed by atoms with Gasteiger partial charge in [0, 0.05) is 19.6 Å². The van der Waals surface area contributed by atoms with Crippen LogP contribution < -0.4 is 10.6 Å². The van der Waals surface area contributed by atoms with E-state index in [-0.39, 0.29) is 15.6 Å². The predicted octanol–water partition coefficient (Wildman–Crippen LogP) is 2.99. The van der Waals surface area contributed by atoms with Crippen molar-refractivity contribution < 1.29 is 17.9 Å². The third-order valence-electron chi connectivity index (χ3n) is 4.37. The molecule has 0 radical (unpaired) electrons. The van der Waals surface area contributed by atoms with Crippen LogP contribution in [0.4, 0.5) is 10.5 Å². The molecule has 0 saturated carbocycles. The van der Waals surface area contributed by atoms with Crippen molar-refractivity contribution in [3.05, 3.63) is 58.6 Å². The van der Waals surface area contributed by atoms with Crippen LogP contribution in [0.3, 0.4) is 0 Å². The molecule has 0 unspecified atom stereocenters. The molecule has 7 nitrogen and oxygen atoms in total. The number of sulfonamides is 1. The largest absolute Gasteiger partial charge is 0.379 e. The third-order valence-corrected chi connectivity index (χ3v) is 6.59. The highest BCUT2D eigenvalue weighted by Gasteiger charge is 2.27. The van der Waals surface area contributed by atoms with Gasteiger partial charge >= 0.3 is 6.03 Å². The fourth-order valence-electron chi connectivity index (χ4n) is 2.75. The van der Waals surface area contributed by atoms with Crippen molar-refractivity contribution >= 4 is 33.3 Å². The zero-order valence-corrected chi connectivity index (χ0v) is 17.0. The lowest BCUT2D eigenvalue weighted by Gasteiger charge is -2.26. The Hall–Kier alpha value is -2.13.